The molecule has 0 aliphatic heterocycles. The third-order valence-electron chi connectivity index (χ3n) is 0.480. The fourth-order valence-corrected chi connectivity index (χ4v) is 0.715. The Kier molecular flexibility index (Phi) is 4.44. The summed E-state index contributed by atoms with van der Waals surface area (Å²) in [5.74, 6) is 0. The van der Waals surface area contributed by atoms with Crippen molar-refractivity contribution in [1.82, 2.24) is 0 Å². The standard InChI is InChI=1S/C5H5Cl3/c1-2-4(6)3-5(7)8/h2-3,5H,1H2/b4-3-. The summed E-state index contributed by atoms with van der Waals surface area (Å²) in [7, 11) is 0. The Morgan fingerprint density at radius 3 is 2.12 bits per heavy atom. The molecule has 0 radical (unpaired) electrons. The molecule has 0 bridgehead atoms. The molecule has 0 aliphatic rings. The summed E-state index contributed by atoms with van der Waals surface area (Å²) in [5.41, 5.74) is 0. The van der Waals surface area contributed by atoms with Gasteiger partial charge < -0.3 is 0 Å². The van der Waals surface area contributed by atoms with Crippen LogP contribution in [0.4, 0.5) is 0 Å². The Labute approximate surface area is 63.7 Å². The van der Waals surface area contributed by atoms with Gasteiger partial charge in [-0.05, 0) is 6.08 Å². The average molecular weight is 171 g/mol. The second-order valence-corrected chi connectivity index (χ2v) is 2.69. The van der Waals surface area contributed by atoms with E-state index in [0.29, 0.717) is 5.03 Å². The number of allylic oxidation sites excluding steroid dienone is 3. The van der Waals surface area contributed by atoms with Gasteiger partial charge in [0.1, 0.15) is 4.84 Å². The highest BCUT2D eigenvalue weighted by atomic mass is 35.5. The molecule has 0 rings (SSSR count). The third kappa shape index (κ3) is 4.51. The average Bonchev–Trinajstić information content (AvgIpc) is 1.65. The maximum Gasteiger partial charge on any atom is 0.127 e. The van der Waals surface area contributed by atoms with Crippen LogP contribution in [-0.2, 0) is 0 Å². The first-order valence-corrected chi connectivity index (χ1v) is 3.20. The summed E-state index contributed by atoms with van der Waals surface area (Å²) < 4.78 is 0. The molecule has 0 N–H and O–H groups in total. The smallest absolute Gasteiger partial charge is 0.101 e. The van der Waals surface area contributed by atoms with Gasteiger partial charge in [-0.25, -0.2) is 0 Å². The highest BCUT2D eigenvalue weighted by Gasteiger charge is 1.91. The lowest BCUT2D eigenvalue weighted by Crippen LogP contribution is -1.76. The van der Waals surface area contributed by atoms with Gasteiger partial charge in [-0.2, -0.15) is 0 Å². The Balaban J connectivity index is 3.74. The van der Waals surface area contributed by atoms with Crippen molar-refractivity contribution >= 4 is 34.8 Å². The van der Waals surface area contributed by atoms with E-state index >= 15 is 0 Å². The molecule has 46 valence electrons. The summed E-state index contributed by atoms with van der Waals surface area (Å²) in [6.07, 6.45) is 2.96. The van der Waals surface area contributed by atoms with Crippen LogP contribution in [0.25, 0.3) is 0 Å². The Hall–Kier alpha value is 0.350. The van der Waals surface area contributed by atoms with Crippen LogP contribution in [0, 0.1) is 0 Å². The minimum atomic E-state index is -0.541. The summed E-state index contributed by atoms with van der Waals surface area (Å²) in [6, 6.07) is 0. The molecule has 0 aromatic carbocycles. The van der Waals surface area contributed by atoms with Crippen molar-refractivity contribution in [3.63, 3.8) is 0 Å². The van der Waals surface area contributed by atoms with Crippen LogP contribution in [0.2, 0.25) is 0 Å². The second-order valence-electron chi connectivity index (χ2n) is 1.09. The maximum atomic E-state index is 5.43. The molecular formula is C5H5Cl3. The molecule has 0 amide bonds. The quantitative estimate of drug-likeness (QED) is 0.442. The topological polar surface area (TPSA) is 0 Å². The molecule has 0 spiro atoms. The van der Waals surface area contributed by atoms with E-state index in [9.17, 15) is 0 Å². The van der Waals surface area contributed by atoms with Crippen molar-refractivity contribution in [2.75, 3.05) is 0 Å². The first kappa shape index (κ1) is 8.35. The third-order valence-corrected chi connectivity index (χ3v) is 1.01. The predicted molar refractivity (Wildman–Crippen MR) is 39.6 cm³/mol. The van der Waals surface area contributed by atoms with Crippen LogP contribution in [0.5, 0.6) is 0 Å². The second kappa shape index (κ2) is 4.25. The molecule has 3 heteroatoms. The number of hydrogen-bond acceptors (Lipinski definition) is 0. The van der Waals surface area contributed by atoms with Gasteiger partial charge in [0.2, 0.25) is 0 Å². The van der Waals surface area contributed by atoms with Crippen LogP contribution >= 0.6 is 34.8 Å². The molecule has 0 saturated heterocycles. The molecule has 0 saturated carbocycles. The fourth-order valence-electron chi connectivity index (χ4n) is 0.188. The molecule has 0 aromatic rings. The first-order valence-electron chi connectivity index (χ1n) is 1.94. The highest BCUT2D eigenvalue weighted by Crippen LogP contribution is 2.10. The van der Waals surface area contributed by atoms with Crippen molar-refractivity contribution < 1.29 is 0 Å². The number of hydrogen-bond donors (Lipinski definition) is 0. The Bertz CT molecular complexity index is 104. The predicted octanol–water partition coefficient (Wildman–Crippen LogP) is 3.10. The van der Waals surface area contributed by atoms with Crippen LogP contribution in [-0.4, -0.2) is 4.84 Å². The van der Waals surface area contributed by atoms with E-state index in [0.717, 1.165) is 0 Å². The molecule has 0 fully saturated rings. The molecule has 0 nitrogen and oxygen atoms in total. The van der Waals surface area contributed by atoms with Crippen molar-refractivity contribution in [3.05, 3.63) is 23.8 Å². The lowest BCUT2D eigenvalue weighted by Gasteiger charge is -1.88. The van der Waals surface area contributed by atoms with Crippen LogP contribution in [0.15, 0.2) is 23.8 Å². The maximum absolute atomic E-state index is 5.43. The fraction of sp³-hybridized carbons (Fsp3) is 0.200. The number of halogens is 3. The Morgan fingerprint density at radius 1 is 1.50 bits per heavy atom. The van der Waals surface area contributed by atoms with Crippen molar-refractivity contribution in [1.29, 1.82) is 0 Å². The molecule has 0 atom stereocenters. The lowest BCUT2D eigenvalue weighted by atomic mass is 10.5. The number of alkyl halides is 2. The lowest BCUT2D eigenvalue weighted by molar-refractivity contribution is 1.58. The van der Waals surface area contributed by atoms with Crippen LogP contribution in [0.3, 0.4) is 0 Å². The van der Waals surface area contributed by atoms with E-state index in [1.54, 1.807) is 0 Å². The molecular weight excluding hydrogens is 166 g/mol. The zero-order chi connectivity index (χ0) is 6.57. The van der Waals surface area contributed by atoms with Crippen molar-refractivity contribution in [2.24, 2.45) is 0 Å². The van der Waals surface area contributed by atoms with E-state index < -0.39 is 4.84 Å². The minimum absolute atomic E-state index is 0.472. The van der Waals surface area contributed by atoms with Gasteiger partial charge in [-0.1, -0.05) is 24.3 Å². The van der Waals surface area contributed by atoms with Crippen LogP contribution in [0.1, 0.15) is 0 Å². The molecule has 8 heavy (non-hydrogen) atoms. The van der Waals surface area contributed by atoms with Gasteiger partial charge in [-0.3, -0.25) is 0 Å². The summed E-state index contributed by atoms with van der Waals surface area (Å²) in [4.78, 5) is -0.541. The summed E-state index contributed by atoms with van der Waals surface area (Å²) >= 11 is 16.1. The first-order chi connectivity index (χ1) is 3.66. The summed E-state index contributed by atoms with van der Waals surface area (Å²) in [5, 5.41) is 0.472. The number of rotatable bonds is 2. The van der Waals surface area contributed by atoms with E-state index in [4.69, 9.17) is 34.8 Å². The monoisotopic (exact) mass is 170 g/mol. The molecule has 0 heterocycles. The van der Waals surface area contributed by atoms with Crippen molar-refractivity contribution in [2.45, 2.75) is 4.84 Å². The normalized spacial score (nSPS) is 12.2. The largest absolute Gasteiger partial charge is 0.127 e. The SMILES string of the molecule is C=C/C(Cl)=C/C(Cl)Cl. The summed E-state index contributed by atoms with van der Waals surface area (Å²) in [6.45, 7) is 3.40. The van der Waals surface area contributed by atoms with E-state index in [1.165, 1.54) is 12.2 Å². The van der Waals surface area contributed by atoms with E-state index in [2.05, 4.69) is 6.58 Å². The van der Waals surface area contributed by atoms with E-state index in [1.807, 2.05) is 0 Å². The Morgan fingerprint density at radius 2 is 2.00 bits per heavy atom. The molecule has 0 unspecified atom stereocenters. The highest BCUT2D eigenvalue weighted by molar-refractivity contribution is 6.46. The zero-order valence-corrected chi connectivity index (χ0v) is 6.34. The van der Waals surface area contributed by atoms with Gasteiger partial charge >= 0.3 is 0 Å². The zero-order valence-electron chi connectivity index (χ0n) is 4.07. The van der Waals surface area contributed by atoms with Gasteiger partial charge in [0.15, 0.2) is 0 Å². The van der Waals surface area contributed by atoms with Gasteiger partial charge in [0, 0.05) is 5.03 Å². The molecule has 0 aliphatic carbocycles. The van der Waals surface area contributed by atoms with Gasteiger partial charge in [0.25, 0.3) is 0 Å². The van der Waals surface area contributed by atoms with E-state index in [-0.39, 0.29) is 0 Å². The van der Waals surface area contributed by atoms with Gasteiger partial charge in [0.05, 0.1) is 0 Å². The van der Waals surface area contributed by atoms with Crippen molar-refractivity contribution in [3.8, 4) is 0 Å². The minimum Gasteiger partial charge on any atom is -0.101 e. The van der Waals surface area contributed by atoms with Gasteiger partial charge in [-0.15, -0.1) is 23.2 Å². The van der Waals surface area contributed by atoms with Crippen LogP contribution < -0.4 is 0 Å². The molecule has 0 aromatic heterocycles.